The van der Waals surface area contributed by atoms with Crippen LogP contribution in [0.5, 0.6) is 11.5 Å². The predicted molar refractivity (Wildman–Crippen MR) is 76.8 cm³/mol. The highest BCUT2D eigenvalue weighted by Gasteiger charge is 2.12. The van der Waals surface area contributed by atoms with E-state index in [1.165, 1.54) is 12.1 Å². The van der Waals surface area contributed by atoms with E-state index in [1.54, 1.807) is 24.3 Å². The van der Waals surface area contributed by atoms with E-state index in [2.05, 4.69) is 22.6 Å². The monoisotopic (exact) mass is 358 g/mol. The van der Waals surface area contributed by atoms with Gasteiger partial charge in [0.2, 0.25) is 0 Å². The van der Waals surface area contributed by atoms with Gasteiger partial charge in [0.15, 0.2) is 0 Å². The molecule has 2 rings (SSSR count). The summed E-state index contributed by atoms with van der Waals surface area (Å²) in [6, 6.07) is 13.2. The highest BCUT2D eigenvalue weighted by Crippen LogP contribution is 2.31. The molecular weight excluding hydrogens is 346 g/mol. The first-order chi connectivity index (χ1) is 8.66. The maximum absolute atomic E-state index is 13.0. The van der Waals surface area contributed by atoms with Crippen LogP contribution in [-0.2, 0) is 0 Å². The van der Waals surface area contributed by atoms with E-state index in [0.717, 1.165) is 5.56 Å². The second-order valence-electron chi connectivity index (χ2n) is 3.79. The number of hydrogen-bond acceptors (Lipinski definition) is 2. The van der Waals surface area contributed by atoms with Gasteiger partial charge in [0.1, 0.15) is 23.9 Å². The number of rotatable bonds is 4. The average Bonchev–Trinajstić information content (AvgIpc) is 2.37. The van der Waals surface area contributed by atoms with E-state index in [9.17, 15) is 9.50 Å². The summed E-state index contributed by atoms with van der Waals surface area (Å²) < 4.78 is 18.5. The number of para-hydroxylation sites is 1. The molecule has 2 aromatic carbocycles. The molecule has 0 aliphatic rings. The second kappa shape index (κ2) is 6.04. The van der Waals surface area contributed by atoms with Crippen LogP contribution in [0.25, 0.3) is 0 Å². The molecule has 0 saturated carbocycles. The van der Waals surface area contributed by atoms with E-state index in [1.807, 2.05) is 12.1 Å². The summed E-state index contributed by atoms with van der Waals surface area (Å²) in [5, 5.41) is 9.70. The second-order valence-corrected chi connectivity index (χ2v) is 5.30. The summed E-state index contributed by atoms with van der Waals surface area (Å²) in [6.45, 7) is 0.377. The van der Waals surface area contributed by atoms with Crippen molar-refractivity contribution in [2.75, 3.05) is 6.61 Å². The number of benzene rings is 2. The Morgan fingerprint density at radius 1 is 1.17 bits per heavy atom. The van der Waals surface area contributed by atoms with Crippen LogP contribution in [0.15, 0.2) is 48.5 Å². The zero-order valence-corrected chi connectivity index (χ0v) is 11.7. The molecule has 0 aliphatic heterocycles. The van der Waals surface area contributed by atoms with E-state index < -0.39 is 0 Å². The molecule has 94 valence electrons. The van der Waals surface area contributed by atoms with Crippen molar-refractivity contribution in [3.05, 3.63) is 59.9 Å². The molecule has 1 N–H and O–H groups in total. The Hall–Kier alpha value is -1.30. The van der Waals surface area contributed by atoms with Gasteiger partial charge in [-0.05, 0) is 18.2 Å². The van der Waals surface area contributed by atoms with Gasteiger partial charge in [-0.25, -0.2) is 4.39 Å². The van der Waals surface area contributed by atoms with Gasteiger partial charge in [-0.2, -0.15) is 0 Å². The number of aromatic hydroxyl groups is 1. The Bertz CT molecular complexity index is 531. The Labute approximate surface area is 119 Å². The first-order valence-corrected chi connectivity index (χ1v) is 6.71. The van der Waals surface area contributed by atoms with Crippen molar-refractivity contribution in [2.24, 2.45) is 0 Å². The molecule has 0 fully saturated rings. The van der Waals surface area contributed by atoms with Crippen LogP contribution in [0.4, 0.5) is 4.39 Å². The van der Waals surface area contributed by atoms with E-state index in [0.29, 0.717) is 12.4 Å². The fraction of sp³-hybridized carbons (Fsp3) is 0.143. The Morgan fingerprint density at radius 3 is 2.67 bits per heavy atom. The topological polar surface area (TPSA) is 29.5 Å². The van der Waals surface area contributed by atoms with Crippen molar-refractivity contribution in [1.29, 1.82) is 0 Å². The first-order valence-electron chi connectivity index (χ1n) is 5.47. The van der Waals surface area contributed by atoms with Crippen molar-refractivity contribution < 1.29 is 14.2 Å². The fourth-order valence-electron chi connectivity index (χ4n) is 1.57. The zero-order valence-electron chi connectivity index (χ0n) is 9.51. The van der Waals surface area contributed by atoms with E-state index in [4.69, 9.17) is 4.74 Å². The van der Waals surface area contributed by atoms with Crippen LogP contribution in [0.1, 0.15) is 9.49 Å². The summed E-state index contributed by atoms with van der Waals surface area (Å²) in [5.41, 5.74) is 0.814. The van der Waals surface area contributed by atoms with Gasteiger partial charge in [-0.15, -0.1) is 0 Å². The molecule has 2 nitrogen and oxygen atoms in total. The number of ether oxygens (including phenoxy) is 1. The van der Waals surface area contributed by atoms with Gasteiger partial charge in [0.25, 0.3) is 0 Å². The van der Waals surface area contributed by atoms with E-state index >= 15 is 0 Å². The van der Waals surface area contributed by atoms with Crippen molar-refractivity contribution in [2.45, 2.75) is 3.92 Å². The van der Waals surface area contributed by atoms with Gasteiger partial charge in [0.05, 0.1) is 3.92 Å². The molecule has 0 amide bonds. The molecule has 0 radical (unpaired) electrons. The average molecular weight is 358 g/mol. The molecule has 1 atom stereocenters. The SMILES string of the molecule is Oc1ccccc1C(I)COc1cccc(F)c1. The minimum atomic E-state index is -0.319. The molecule has 0 saturated heterocycles. The van der Waals surface area contributed by atoms with Crippen LogP contribution < -0.4 is 4.74 Å². The van der Waals surface area contributed by atoms with Gasteiger partial charge in [-0.3, -0.25) is 0 Å². The lowest BCUT2D eigenvalue weighted by atomic mass is 10.1. The molecule has 0 aromatic heterocycles. The summed E-state index contributed by atoms with van der Waals surface area (Å²) in [5.74, 6) is 0.423. The maximum Gasteiger partial charge on any atom is 0.126 e. The Balaban J connectivity index is 2.00. The van der Waals surface area contributed by atoms with Gasteiger partial charge in [0, 0.05) is 11.6 Å². The van der Waals surface area contributed by atoms with Gasteiger partial charge in [-0.1, -0.05) is 46.9 Å². The molecule has 4 heteroatoms. The number of hydrogen-bond donors (Lipinski definition) is 1. The van der Waals surface area contributed by atoms with Gasteiger partial charge < -0.3 is 9.84 Å². The third-order valence-corrected chi connectivity index (χ3v) is 3.50. The number of alkyl halides is 1. The molecule has 2 aromatic rings. The molecule has 0 spiro atoms. The molecular formula is C14H12FIO2. The summed E-state index contributed by atoms with van der Waals surface area (Å²) in [4.78, 5) is 0. The first kappa shape index (κ1) is 13.1. The van der Waals surface area contributed by atoms with Crippen LogP contribution in [0, 0.1) is 5.82 Å². The molecule has 0 aliphatic carbocycles. The molecule has 18 heavy (non-hydrogen) atoms. The third-order valence-electron chi connectivity index (χ3n) is 2.47. The predicted octanol–water partition coefficient (Wildman–Crippen LogP) is 4.09. The molecule has 1 unspecified atom stereocenters. The third kappa shape index (κ3) is 3.35. The van der Waals surface area contributed by atoms with E-state index in [-0.39, 0.29) is 15.5 Å². The summed E-state index contributed by atoms with van der Waals surface area (Å²) in [7, 11) is 0. The summed E-state index contributed by atoms with van der Waals surface area (Å²) in [6.07, 6.45) is 0. The summed E-state index contributed by atoms with van der Waals surface area (Å²) >= 11 is 2.19. The number of phenols is 1. The molecule has 0 heterocycles. The minimum Gasteiger partial charge on any atom is -0.508 e. The minimum absolute atomic E-state index is 0.00654. The van der Waals surface area contributed by atoms with Crippen molar-refractivity contribution in [3.8, 4) is 11.5 Å². The maximum atomic E-state index is 13.0. The fourth-order valence-corrected chi connectivity index (χ4v) is 2.27. The number of phenolic OH excluding ortho intramolecular Hbond substituents is 1. The highest BCUT2D eigenvalue weighted by atomic mass is 127. The van der Waals surface area contributed by atoms with Crippen LogP contribution >= 0.6 is 22.6 Å². The lowest BCUT2D eigenvalue weighted by Crippen LogP contribution is -2.04. The van der Waals surface area contributed by atoms with Crippen molar-refractivity contribution in [1.82, 2.24) is 0 Å². The lowest BCUT2D eigenvalue weighted by molar-refractivity contribution is 0.319. The molecule has 0 bridgehead atoms. The van der Waals surface area contributed by atoms with Gasteiger partial charge >= 0.3 is 0 Å². The van der Waals surface area contributed by atoms with Crippen LogP contribution in [-0.4, -0.2) is 11.7 Å². The van der Waals surface area contributed by atoms with Crippen LogP contribution in [0.3, 0.4) is 0 Å². The van der Waals surface area contributed by atoms with Crippen molar-refractivity contribution in [3.63, 3.8) is 0 Å². The standard InChI is InChI=1S/C14H12FIO2/c15-10-4-3-5-11(8-10)18-9-13(16)12-6-1-2-7-14(12)17/h1-8,13,17H,9H2. The number of halogens is 2. The Morgan fingerprint density at radius 2 is 1.94 bits per heavy atom. The Kier molecular flexibility index (Phi) is 4.41. The smallest absolute Gasteiger partial charge is 0.126 e. The normalized spacial score (nSPS) is 12.1. The highest BCUT2D eigenvalue weighted by molar-refractivity contribution is 14.1. The largest absolute Gasteiger partial charge is 0.508 e. The zero-order chi connectivity index (χ0) is 13.0. The quantitative estimate of drug-likeness (QED) is 0.659. The lowest BCUT2D eigenvalue weighted by Gasteiger charge is -2.13. The van der Waals surface area contributed by atoms with Crippen molar-refractivity contribution >= 4 is 22.6 Å². The van der Waals surface area contributed by atoms with Crippen LogP contribution in [0.2, 0.25) is 0 Å².